The van der Waals surface area contributed by atoms with E-state index < -0.39 is 5.41 Å². The quantitative estimate of drug-likeness (QED) is 0.592. The maximum absolute atomic E-state index is 12.9. The van der Waals surface area contributed by atoms with Gasteiger partial charge in [-0.3, -0.25) is 9.59 Å². The average molecular weight is 298 g/mol. The van der Waals surface area contributed by atoms with Crippen LogP contribution in [0.4, 0.5) is 0 Å². The van der Waals surface area contributed by atoms with E-state index >= 15 is 0 Å². The Morgan fingerprint density at radius 3 is 2.40 bits per heavy atom. The maximum Gasteiger partial charge on any atom is 0.325 e. The highest BCUT2D eigenvalue weighted by molar-refractivity contribution is 7.80. The molecule has 6 heteroatoms. The minimum Gasteiger partial charge on any atom is -0.465 e. The molecule has 2 aliphatic carbocycles. The fourth-order valence-corrected chi connectivity index (χ4v) is 3.21. The lowest BCUT2D eigenvalue weighted by atomic mass is 9.84. The van der Waals surface area contributed by atoms with Crippen LogP contribution in [-0.4, -0.2) is 41.0 Å². The summed E-state index contributed by atoms with van der Waals surface area (Å²) >= 11 is 5.15. The zero-order chi connectivity index (χ0) is 14.8. The Morgan fingerprint density at radius 2 is 1.95 bits per heavy atom. The average Bonchev–Trinajstić information content (AvgIpc) is 3.11. The van der Waals surface area contributed by atoms with Crippen molar-refractivity contribution in [3.8, 4) is 0 Å². The lowest BCUT2D eigenvalue weighted by Crippen LogP contribution is -2.51. The molecule has 0 bridgehead atoms. The first-order valence-corrected chi connectivity index (χ1v) is 7.68. The number of carbonyl (C=O) groups excluding carboxylic acids is 2. The first kappa shape index (κ1) is 15.2. The second kappa shape index (κ2) is 6.08. The van der Waals surface area contributed by atoms with E-state index in [2.05, 4.69) is 0 Å². The van der Waals surface area contributed by atoms with E-state index in [9.17, 15) is 9.59 Å². The van der Waals surface area contributed by atoms with E-state index in [1.54, 1.807) is 11.8 Å². The highest BCUT2D eigenvalue weighted by Gasteiger charge is 2.49. The molecule has 0 unspecified atom stereocenters. The first-order valence-electron chi connectivity index (χ1n) is 7.28. The van der Waals surface area contributed by atoms with E-state index in [0.717, 1.165) is 25.7 Å². The van der Waals surface area contributed by atoms with Gasteiger partial charge in [-0.1, -0.05) is 25.1 Å². The molecule has 0 aromatic rings. The molecule has 5 nitrogen and oxygen atoms in total. The predicted molar refractivity (Wildman–Crippen MR) is 79.1 cm³/mol. The lowest BCUT2D eigenvalue weighted by Gasteiger charge is -2.33. The van der Waals surface area contributed by atoms with Crippen LogP contribution < -0.4 is 5.73 Å². The monoisotopic (exact) mass is 298 g/mol. The number of thiocarbonyl (C=S) groups is 1. The van der Waals surface area contributed by atoms with Crippen molar-refractivity contribution in [2.75, 3.05) is 13.2 Å². The number of carbonyl (C=O) groups is 2. The standard InChI is InChI=1S/C14H22N2O3S/c1-2-19-11(17)9-16(10-5-6-10)13(18)14(12(15)20)7-3-4-8-14/h10H,2-9H2,1H3,(H2,15,20). The van der Waals surface area contributed by atoms with Gasteiger partial charge < -0.3 is 15.4 Å². The number of hydrogen-bond acceptors (Lipinski definition) is 4. The summed E-state index contributed by atoms with van der Waals surface area (Å²) < 4.78 is 4.96. The highest BCUT2D eigenvalue weighted by atomic mass is 32.1. The molecule has 2 rings (SSSR count). The minimum absolute atomic E-state index is 0.0156. The van der Waals surface area contributed by atoms with Gasteiger partial charge in [-0.05, 0) is 32.6 Å². The summed E-state index contributed by atoms with van der Waals surface area (Å²) in [5.74, 6) is -0.429. The van der Waals surface area contributed by atoms with Gasteiger partial charge in [0.2, 0.25) is 5.91 Å². The fourth-order valence-electron chi connectivity index (χ4n) is 2.92. The van der Waals surface area contributed by atoms with Gasteiger partial charge in [-0.15, -0.1) is 0 Å². The van der Waals surface area contributed by atoms with Crippen molar-refractivity contribution >= 4 is 29.1 Å². The predicted octanol–water partition coefficient (Wildman–Crippen LogP) is 1.39. The number of nitrogens with two attached hydrogens (primary N) is 1. The van der Waals surface area contributed by atoms with E-state index in [1.165, 1.54) is 0 Å². The molecule has 1 amide bonds. The van der Waals surface area contributed by atoms with Crippen LogP contribution in [0.15, 0.2) is 0 Å². The van der Waals surface area contributed by atoms with Crippen molar-refractivity contribution in [3.05, 3.63) is 0 Å². The Kier molecular flexibility index (Phi) is 4.62. The maximum atomic E-state index is 12.9. The zero-order valence-corrected chi connectivity index (χ0v) is 12.7. The minimum atomic E-state index is -0.732. The number of amides is 1. The van der Waals surface area contributed by atoms with Gasteiger partial charge in [0.05, 0.1) is 17.0 Å². The van der Waals surface area contributed by atoms with Crippen LogP contribution in [0.25, 0.3) is 0 Å². The Hall–Kier alpha value is -1.17. The van der Waals surface area contributed by atoms with Crippen LogP contribution in [-0.2, 0) is 14.3 Å². The van der Waals surface area contributed by atoms with Crippen molar-refractivity contribution in [3.63, 3.8) is 0 Å². The van der Waals surface area contributed by atoms with E-state index in [0.29, 0.717) is 19.4 Å². The molecule has 0 aromatic carbocycles. The topological polar surface area (TPSA) is 72.6 Å². The SMILES string of the molecule is CCOC(=O)CN(C(=O)C1(C(N)=S)CCCC1)C1CC1. The normalized spacial score (nSPS) is 20.4. The highest BCUT2D eigenvalue weighted by Crippen LogP contribution is 2.42. The number of hydrogen-bond donors (Lipinski definition) is 1. The van der Waals surface area contributed by atoms with Crippen LogP contribution >= 0.6 is 12.2 Å². The second-order valence-corrected chi connectivity index (χ2v) is 6.06. The molecule has 2 fully saturated rings. The molecule has 0 aliphatic heterocycles. The summed E-state index contributed by atoms with van der Waals surface area (Å²) in [6.45, 7) is 2.10. The second-order valence-electron chi connectivity index (χ2n) is 5.62. The lowest BCUT2D eigenvalue weighted by molar-refractivity contribution is -0.151. The Labute approximate surface area is 124 Å². The van der Waals surface area contributed by atoms with E-state index in [1.807, 2.05) is 0 Å². The van der Waals surface area contributed by atoms with E-state index in [-0.39, 0.29) is 29.5 Å². The molecule has 2 aliphatic rings. The van der Waals surface area contributed by atoms with Gasteiger partial charge >= 0.3 is 5.97 Å². The van der Waals surface area contributed by atoms with Crippen molar-refractivity contribution < 1.29 is 14.3 Å². The van der Waals surface area contributed by atoms with Gasteiger partial charge in [-0.25, -0.2) is 0 Å². The Morgan fingerprint density at radius 1 is 1.35 bits per heavy atom. The molecular weight excluding hydrogens is 276 g/mol. The van der Waals surface area contributed by atoms with Crippen molar-refractivity contribution in [1.29, 1.82) is 0 Å². The van der Waals surface area contributed by atoms with Gasteiger partial charge in [0.1, 0.15) is 6.54 Å². The Bertz CT molecular complexity index is 415. The molecule has 20 heavy (non-hydrogen) atoms. The molecule has 0 atom stereocenters. The molecular formula is C14H22N2O3S. The van der Waals surface area contributed by atoms with Crippen molar-refractivity contribution in [1.82, 2.24) is 4.90 Å². The first-order chi connectivity index (χ1) is 9.51. The van der Waals surface area contributed by atoms with Crippen molar-refractivity contribution in [2.45, 2.75) is 51.5 Å². The van der Waals surface area contributed by atoms with Crippen LogP contribution in [0.5, 0.6) is 0 Å². The van der Waals surface area contributed by atoms with Crippen LogP contribution in [0, 0.1) is 5.41 Å². The summed E-state index contributed by atoms with van der Waals surface area (Å²) in [5.41, 5.74) is 5.12. The third-order valence-electron chi connectivity index (χ3n) is 4.19. The third kappa shape index (κ3) is 2.95. The molecule has 112 valence electrons. The van der Waals surface area contributed by atoms with E-state index in [4.69, 9.17) is 22.7 Å². The van der Waals surface area contributed by atoms with Gasteiger partial charge in [0.25, 0.3) is 0 Å². The van der Waals surface area contributed by atoms with Crippen LogP contribution in [0.3, 0.4) is 0 Å². The molecule has 0 saturated heterocycles. The molecule has 0 radical (unpaired) electrons. The van der Waals surface area contributed by atoms with Gasteiger partial charge in [-0.2, -0.15) is 0 Å². The van der Waals surface area contributed by atoms with Gasteiger partial charge in [0, 0.05) is 6.04 Å². The molecule has 2 N–H and O–H groups in total. The number of ether oxygens (including phenoxy) is 1. The number of rotatable bonds is 6. The van der Waals surface area contributed by atoms with Gasteiger partial charge in [0.15, 0.2) is 0 Å². The third-order valence-corrected chi connectivity index (χ3v) is 4.58. The summed E-state index contributed by atoms with van der Waals surface area (Å²) in [5, 5.41) is 0. The Balaban J connectivity index is 2.13. The summed E-state index contributed by atoms with van der Waals surface area (Å²) in [6, 6.07) is 0.152. The number of esters is 1. The van der Waals surface area contributed by atoms with Crippen LogP contribution in [0.1, 0.15) is 45.4 Å². The van der Waals surface area contributed by atoms with Crippen molar-refractivity contribution in [2.24, 2.45) is 11.1 Å². The molecule has 0 aromatic heterocycles. The zero-order valence-electron chi connectivity index (χ0n) is 11.9. The number of nitrogens with zero attached hydrogens (tertiary/aromatic N) is 1. The summed E-state index contributed by atoms with van der Waals surface area (Å²) in [6.07, 6.45) is 5.21. The summed E-state index contributed by atoms with van der Waals surface area (Å²) in [4.78, 5) is 26.5. The molecule has 0 heterocycles. The fraction of sp³-hybridized carbons (Fsp3) is 0.786. The molecule has 0 spiro atoms. The summed E-state index contributed by atoms with van der Waals surface area (Å²) in [7, 11) is 0. The molecule has 2 saturated carbocycles. The smallest absolute Gasteiger partial charge is 0.325 e. The largest absolute Gasteiger partial charge is 0.465 e. The van der Waals surface area contributed by atoms with Crippen LogP contribution in [0.2, 0.25) is 0 Å².